The van der Waals surface area contributed by atoms with Crippen LogP contribution in [0.2, 0.25) is 0 Å². The zero-order valence-electron chi connectivity index (χ0n) is 21.4. The molecule has 0 rings (SSSR count). The molecule has 0 saturated heterocycles. The molecule has 0 radical (unpaired) electrons. The van der Waals surface area contributed by atoms with Gasteiger partial charge < -0.3 is 0 Å². The summed E-state index contributed by atoms with van der Waals surface area (Å²) in [6, 6.07) is 0. The number of hydrogen-bond donors (Lipinski definition) is 0. The number of rotatable bonds is 15. The molecule has 0 bridgehead atoms. The Hall–Kier alpha value is 0.720. The molecule has 0 aliphatic rings. The molecule has 2 heteroatoms. The molecule has 0 aromatic carbocycles. The predicted octanol–water partition coefficient (Wildman–Crippen LogP) is 11.4. The van der Waals surface area contributed by atoms with Crippen LogP contribution >= 0.6 is 21.6 Å². The maximum absolute atomic E-state index is 2.58. The molecule has 0 saturated carbocycles. The van der Waals surface area contributed by atoms with E-state index in [1.807, 2.05) is 0 Å². The fourth-order valence-electron chi connectivity index (χ4n) is 2.56. The van der Waals surface area contributed by atoms with E-state index in [4.69, 9.17) is 0 Å². The molecule has 0 nitrogen and oxygen atoms in total. The van der Waals surface area contributed by atoms with E-state index in [0.29, 0.717) is 0 Å². The SMILES string of the molecule is CCCCCCCC.CCCCCCCC.CCCCCCCC.CCP.Cl. The molecule has 0 aromatic heterocycles. The Balaban J connectivity index is -0.0000000866. The summed E-state index contributed by atoms with van der Waals surface area (Å²) in [6.07, 6.45) is 26.6. The Bertz CT molecular complexity index is 127. The van der Waals surface area contributed by atoms with E-state index in [9.17, 15) is 0 Å². The van der Waals surface area contributed by atoms with Crippen molar-refractivity contribution in [1.29, 1.82) is 0 Å². The van der Waals surface area contributed by atoms with Gasteiger partial charge in [-0.3, -0.25) is 0 Å². The minimum atomic E-state index is 0. The third kappa shape index (κ3) is 71.5. The van der Waals surface area contributed by atoms with Gasteiger partial charge in [0.15, 0.2) is 0 Å². The van der Waals surface area contributed by atoms with Crippen molar-refractivity contribution >= 4 is 21.6 Å². The quantitative estimate of drug-likeness (QED) is 0.175. The summed E-state index contributed by atoms with van der Waals surface area (Å²) in [7, 11) is 2.58. The van der Waals surface area contributed by atoms with Crippen LogP contribution < -0.4 is 0 Å². The van der Waals surface area contributed by atoms with E-state index >= 15 is 0 Å². The van der Waals surface area contributed by atoms with Crippen molar-refractivity contribution in [3.63, 3.8) is 0 Å². The van der Waals surface area contributed by atoms with Crippen LogP contribution in [0.4, 0.5) is 0 Å². The first kappa shape index (κ1) is 39.2. The van der Waals surface area contributed by atoms with E-state index < -0.39 is 0 Å². The first-order valence-electron chi connectivity index (χ1n) is 12.9. The van der Waals surface area contributed by atoms with Crippen LogP contribution in [0.1, 0.15) is 164 Å². The van der Waals surface area contributed by atoms with Crippen LogP contribution in [0.3, 0.4) is 0 Å². The zero-order valence-corrected chi connectivity index (χ0v) is 23.4. The second kappa shape index (κ2) is 50.9. The summed E-state index contributed by atoms with van der Waals surface area (Å²) < 4.78 is 0. The minimum Gasteiger partial charge on any atom is -0.147 e. The van der Waals surface area contributed by atoms with E-state index in [0.717, 1.165) is 0 Å². The zero-order chi connectivity index (χ0) is 21.4. The van der Waals surface area contributed by atoms with Gasteiger partial charge in [0.25, 0.3) is 0 Å². The van der Waals surface area contributed by atoms with Crippen molar-refractivity contribution in [3.8, 4) is 0 Å². The minimum absolute atomic E-state index is 0. The van der Waals surface area contributed by atoms with Gasteiger partial charge in [-0.2, -0.15) is 0 Å². The summed E-state index contributed by atoms with van der Waals surface area (Å²) in [6.45, 7) is 15.6. The Morgan fingerprint density at radius 3 is 0.500 bits per heavy atom. The second-order valence-electron chi connectivity index (χ2n) is 7.65. The lowest BCUT2D eigenvalue weighted by Gasteiger charge is -1.93. The lowest BCUT2D eigenvalue weighted by molar-refractivity contribution is 0.624. The average Bonchev–Trinajstić information content (AvgIpc) is 2.68. The van der Waals surface area contributed by atoms with E-state index in [2.05, 4.69) is 57.7 Å². The van der Waals surface area contributed by atoms with Gasteiger partial charge >= 0.3 is 0 Å². The van der Waals surface area contributed by atoms with Gasteiger partial charge in [-0.15, -0.1) is 21.6 Å². The van der Waals surface area contributed by atoms with E-state index in [1.54, 1.807) is 0 Å². The molecule has 0 heterocycles. The third-order valence-corrected chi connectivity index (χ3v) is 4.37. The molecule has 0 spiro atoms. The van der Waals surface area contributed by atoms with Gasteiger partial charge in [0, 0.05) is 0 Å². The van der Waals surface area contributed by atoms with E-state index in [-0.39, 0.29) is 12.4 Å². The van der Waals surface area contributed by atoms with Gasteiger partial charge in [0.2, 0.25) is 0 Å². The summed E-state index contributed by atoms with van der Waals surface area (Å²) in [5.74, 6) is 0. The van der Waals surface area contributed by atoms with Crippen molar-refractivity contribution in [2.75, 3.05) is 6.16 Å². The van der Waals surface area contributed by atoms with Gasteiger partial charge in [0.1, 0.15) is 0 Å². The van der Waals surface area contributed by atoms with Crippen molar-refractivity contribution < 1.29 is 0 Å². The molecular weight excluding hydrogens is 379 g/mol. The molecule has 0 fully saturated rings. The molecule has 1 unspecified atom stereocenters. The van der Waals surface area contributed by atoms with Gasteiger partial charge in [-0.25, -0.2) is 0 Å². The summed E-state index contributed by atoms with van der Waals surface area (Å²) >= 11 is 0. The maximum atomic E-state index is 2.58. The van der Waals surface area contributed by atoms with Crippen molar-refractivity contribution in [3.05, 3.63) is 0 Å². The third-order valence-electron chi connectivity index (χ3n) is 4.37. The highest BCUT2D eigenvalue weighted by molar-refractivity contribution is 7.16. The fourth-order valence-corrected chi connectivity index (χ4v) is 2.56. The largest absolute Gasteiger partial charge is 0.147 e. The smallest absolute Gasteiger partial charge is 0.0410 e. The monoisotopic (exact) mass is 440 g/mol. The fraction of sp³-hybridized carbons (Fsp3) is 1.00. The molecule has 0 aliphatic heterocycles. The van der Waals surface area contributed by atoms with Gasteiger partial charge in [-0.1, -0.05) is 164 Å². The first-order valence-corrected chi connectivity index (χ1v) is 13.7. The maximum Gasteiger partial charge on any atom is -0.0410 e. The highest BCUT2D eigenvalue weighted by Crippen LogP contribution is 2.04. The highest BCUT2D eigenvalue weighted by atomic mass is 35.5. The lowest BCUT2D eigenvalue weighted by atomic mass is 10.1. The Morgan fingerprint density at radius 2 is 0.429 bits per heavy atom. The van der Waals surface area contributed by atoms with Crippen LogP contribution in [0.15, 0.2) is 0 Å². The molecule has 0 aromatic rings. The Kier molecular flexibility index (Phi) is 71.3. The number of hydrogen-bond acceptors (Lipinski definition) is 0. The highest BCUT2D eigenvalue weighted by Gasteiger charge is 1.84. The first-order chi connectivity index (χ1) is 13.2. The summed E-state index contributed by atoms with van der Waals surface area (Å²) in [5.41, 5.74) is 0. The van der Waals surface area contributed by atoms with Gasteiger partial charge in [0.05, 0.1) is 0 Å². The van der Waals surface area contributed by atoms with Crippen LogP contribution in [0.25, 0.3) is 0 Å². The van der Waals surface area contributed by atoms with Crippen LogP contribution in [-0.4, -0.2) is 6.16 Å². The van der Waals surface area contributed by atoms with Crippen LogP contribution in [-0.2, 0) is 0 Å². The van der Waals surface area contributed by atoms with Gasteiger partial charge in [-0.05, 0) is 6.16 Å². The average molecular weight is 441 g/mol. The second-order valence-corrected chi connectivity index (χ2v) is 8.47. The summed E-state index contributed by atoms with van der Waals surface area (Å²) in [4.78, 5) is 0. The Morgan fingerprint density at radius 1 is 0.321 bits per heavy atom. The molecule has 178 valence electrons. The van der Waals surface area contributed by atoms with Crippen molar-refractivity contribution in [2.45, 2.75) is 164 Å². The predicted molar refractivity (Wildman–Crippen MR) is 145 cm³/mol. The standard InChI is InChI=1S/3C8H18.C2H7P.ClH/c3*1-3-5-7-8-6-4-2;1-2-3;/h3*3-8H2,1-2H3;2-3H2,1H3;1H. The molecule has 28 heavy (non-hydrogen) atoms. The molecule has 1 atom stereocenters. The topological polar surface area (TPSA) is 0 Å². The number of unbranched alkanes of at least 4 members (excludes halogenated alkanes) is 15. The molecular formula is C26H62ClP. The molecule has 0 aliphatic carbocycles. The normalized spacial score (nSPS) is 9.00. The van der Waals surface area contributed by atoms with Crippen molar-refractivity contribution in [2.24, 2.45) is 0 Å². The molecule has 0 amide bonds. The van der Waals surface area contributed by atoms with Crippen LogP contribution in [0, 0.1) is 0 Å². The summed E-state index contributed by atoms with van der Waals surface area (Å²) in [5, 5.41) is 0. The van der Waals surface area contributed by atoms with Crippen molar-refractivity contribution in [1.82, 2.24) is 0 Å². The van der Waals surface area contributed by atoms with Crippen LogP contribution in [0.5, 0.6) is 0 Å². The lowest BCUT2D eigenvalue weighted by Crippen LogP contribution is -1.73. The van der Waals surface area contributed by atoms with E-state index in [1.165, 1.54) is 122 Å². The molecule has 0 N–H and O–H groups in total. The number of halogens is 1. The Labute approximate surface area is 191 Å².